The lowest BCUT2D eigenvalue weighted by Gasteiger charge is -2.29. The number of hydrogen-bond acceptors (Lipinski definition) is 3. The summed E-state index contributed by atoms with van der Waals surface area (Å²) < 4.78 is 67.5. The zero-order valence-electron chi connectivity index (χ0n) is 17.9. The average molecular weight is 475 g/mol. The SMILES string of the molecule is O=S(=O)(c1ccc(C(F)(F)F)cc1)N(Cc1ccccc1)C1CCN(Cc2ccccc2)C1. The van der Waals surface area contributed by atoms with Gasteiger partial charge in [0.05, 0.1) is 10.5 Å². The Morgan fingerprint density at radius 1 is 0.848 bits per heavy atom. The second-order valence-electron chi connectivity index (χ2n) is 8.22. The fraction of sp³-hybridized carbons (Fsp3) is 0.280. The molecule has 1 saturated heterocycles. The molecule has 0 radical (unpaired) electrons. The maximum atomic E-state index is 13.6. The summed E-state index contributed by atoms with van der Waals surface area (Å²) in [7, 11) is -4.00. The zero-order chi connectivity index (χ0) is 23.5. The third-order valence-electron chi connectivity index (χ3n) is 5.87. The smallest absolute Gasteiger partial charge is 0.297 e. The number of likely N-dealkylation sites (tertiary alicyclic amines) is 1. The molecule has 0 amide bonds. The molecule has 8 heteroatoms. The molecule has 3 aromatic carbocycles. The summed E-state index contributed by atoms with van der Waals surface area (Å²) in [5.74, 6) is 0. The van der Waals surface area contributed by atoms with Crippen molar-refractivity contribution in [3.05, 3.63) is 102 Å². The fourth-order valence-corrected chi connectivity index (χ4v) is 5.79. The lowest BCUT2D eigenvalue weighted by Crippen LogP contribution is -2.41. The van der Waals surface area contributed by atoms with Crippen LogP contribution in [0.4, 0.5) is 13.2 Å². The number of hydrogen-bond donors (Lipinski definition) is 0. The summed E-state index contributed by atoms with van der Waals surface area (Å²) in [4.78, 5) is 2.08. The lowest BCUT2D eigenvalue weighted by atomic mass is 10.2. The fourth-order valence-electron chi connectivity index (χ4n) is 4.16. The predicted molar refractivity (Wildman–Crippen MR) is 121 cm³/mol. The summed E-state index contributed by atoms with van der Waals surface area (Å²) in [5, 5.41) is 0. The maximum absolute atomic E-state index is 13.6. The minimum atomic E-state index is -4.52. The first-order valence-corrected chi connectivity index (χ1v) is 12.2. The highest BCUT2D eigenvalue weighted by atomic mass is 32.2. The molecule has 4 nitrogen and oxygen atoms in total. The van der Waals surface area contributed by atoms with Gasteiger partial charge in [0.1, 0.15) is 0 Å². The minimum Gasteiger partial charge on any atom is -0.297 e. The first-order valence-electron chi connectivity index (χ1n) is 10.7. The van der Waals surface area contributed by atoms with Crippen LogP contribution in [0.3, 0.4) is 0 Å². The third-order valence-corrected chi connectivity index (χ3v) is 7.79. The molecule has 1 heterocycles. The Bertz CT molecular complexity index is 1150. The van der Waals surface area contributed by atoms with Crippen LogP contribution in [0.15, 0.2) is 89.8 Å². The predicted octanol–water partition coefficient (Wildman–Crippen LogP) is 5.17. The van der Waals surface area contributed by atoms with Gasteiger partial charge in [-0.1, -0.05) is 60.7 Å². The molecule has 1 aliphatic heterocycles. The van der Waals surface area contributed by atoms with E-state index in [0.29, 0.717) is 13.0 Å². The third kappa shape index (κ3) is 5.63. The van der Waals surface area contributed by atoms with Gasteiger partial charge in [-0.05, 0) is 41.8 Å². The van der Waals surface area contributed by atoms with Crippen molar-refractivity contribution in [1.82, 2.24) is 9.21 Å². The maximum Gasteiger partial charge on any atom is 0.416 e. The largest absolute Gasteiger partial charge is 0.416 e. The highest BCUT2D eigenvalue weighted by Gasteiger charge is 2.37. The minimum absolute atomic E-state index is 0.132. The van der Waals surface area contributed by atoms with Crippen LogP contribution in [-0.2, 0) is 29.3 Å². The summed E-state index contributed by atoms with van der Waals surface area (Å²) in [6, 6.07) is 22.7. The van der Waals surface area contributed by atoms with E-state index in [2.05, 4.69) is 4.90 Å². The van der Waals surface area contributed by atoms with E-state index in [1.54, 1.807) is 0 Å². The molecule has 4 rings (SSSR count). The number of nitrogens with zero attached hydrogens (tertiary/aromatic N) is 2. The van der Waals surface area contributed by atoms with Crippen LogP contribution in [0, 0.1) is 0 Å². The highest BCUT2D eigenvalue weighted by molar-refractivity contribution is 7.89. The molecule has 174 valence electrons. The molecule has 0 spiro atoms. The Kier molecular flexibility index (Phi) is 6.88. The van der Waals surface area contributed by atoms with E-state index in [1.807, 2.05) is 60.7 Å². The van der Waals surface area contributed by atoms with Crippen molar-refractivity contribution in [2.45, 2.75) is 36.6 Å². The molecule has 1 aliphatic rings. The van der Waals surface area contributed by atoms with Gasteiger partial charge in [0.15, 0.2) is 0 Å². The van der Waals surface area contributed by atoms with Gasteiger partial charge in [-0.2, -0.15) is 17.5 Å². The Morgan fingerprint density at radius 2 is 1.42 bits per heavy atom. The Balaban J connectivity index is 1.59. The van der Waals surface area contributed by atoms with Gasteiger partial charge < -0.3 is 0 Å². The second-order valence-corrected chi connectivity index (χ2v) is 10.1. The van der Waals surface area contributed by atoms with Crippen LogP contribution in [0.25, 0.3) is 0 Å². The molecule has 3 aromatic rings. The van der Waals surface area contributed by atoms with Gasteiger partial charge in [-0.15, -0.1) is 0 Å². The van der Waals surface area contributed by atoms with Crippen molar-refractivity contribution in [1.29, 1.82) is 0 Å². The number of benzene rings is 3. The Hall–Kier alpha value is -2.68. The first kappa shape index (κ1) is 23.5. The first-order chi connectivity index (χ1) is 15.7. The van der Waals surface area contributed by atoms with E-state index in [4.69, 9.17) is 0 Å². The van der Waals surface area contributed by atoms with Gasteiger partial charge in [0, 0.05) is 32.2 Å². The van der Waals surface area contributed by atoms with Crippen molar-refractivity contribution in [3.8, 4) is 0 Å². The lowest BCUT2D eigenvalue weighted by molar-refractivity contribution is -0.137. The number of rotatable bonds is 7. The van der Waals surface area contributed by atoms with E-state index in [1.165, 1.54) is 4.31 Å². The summed E-state index contributed by atoms with van der Waals surface area (Å²) in [6.45, 7) is 2.18. The molecule has 33 heavy (non-hydrogen) atoms. The number of alkyl halides is 3. The van der Waals surface area contributed by atoms with Gasteiger partial charge in [0.25, 0.3) is 0 Å². The summed E-state index contributed by atoms with van der Waals surface area (Å²) in [5.41, 5.74) is 1.11. The Labute approximate surface area is 192 Å². The van der Waals surface area contributed by atoms with Crippen LogP contribution in [0.2, 0.25) is 0 Å². The topological polar surface area (TPSA) is 40.6 Å². The highest BCUT2D eigenvalue weighted by Crippen LogP contribution is 2.32. The summed E-state index contributed by atoms with van der Waals surface area (Å²) in [6.07, 6.45) is -3.87. The van der Waals surface area contributed by atoms with Gasteiger partial charge in [-0.25, -0.2) is 8.42 Å². The van der Waals surface area contributed by atoms with E-state index >= 15 is 0 Å². The second kappa shape index (κ2) is 9.67. The molecule has 0 aromatic heterocycles. The van der Waals surface area contributed by atoms with Crippen molar-refractivity contribution in [3.63, 3.8) is 0 Å². The van der Waals surface area contributed by atoms with Crippen molar-refractivity contribution in [2.75, 3.05) is 13.1 Å². The number of sulfonamides is 1. The van der Waals surface area contributed by atoms with E-state index in [9.17, 15) is 21.6 Å². The average Bonchev–Trinajstić information content (AvgIpc) is 3.26. The van der Waals surface area contributed by atoms with E-state index < -0.39 is 21.8 Å². The van der Waals surface area contributed by atoms with Gasteiger partial charge in [0.2, 0.25) is 10.0 Å². The van der Waals surface area contributed by atoms with E-state index in [0.717, 1.165) is 48.5 Å². The number of halogens is 3. The van der Waals surface area contributed by atoms with Crippen molar-refractivity contribution < 1.29 is 21.6 Å². The standard InChI is InChI=1S/C25H25F3N2O2S/c26-25(27,28)22-11-13-24(14-12-22)33(31,32)30(18-21-9-5-2-6-10-21)23-15-16-29(19-23)17-20-7-3-1-4-8-20/h1-14,23H,15-19H2. The molecular formula is C25H25F3N2O2S. The van der Waals surface area contributed by atoms with Crippen LogP contribution >= 0.6 is 0 Å². The van der Waals surface area contributed by atoms with Crippen LogP contribution in [-0.4, -0.2) is 36.8 Å². The Morgan fingerprint density at radius 3 is 2.00 bits per heavy atom. The van der Waals surface area contributed by atoms with Gasteiger partial charge >= 0.3 is 6.18 Å². The van der Waals surface area contributed by atoms with Gasteiger partial charge in [-0.3, -0.25) is 4.90 Å². The summed E-state index contributed by atoms with van der Waals surface area (Å²) >= 11 is 0. The molecule has 1 atom stereocenters. The zero-order valence-corrected chi connectivity index (χ0v) is 18.8. The van der Waals surface area contributed by atoms with Crippen LogP contribution < -0.4 is 0 Å². The molecule has 1 fully saturated rings. The van der Waals surface area contributed by atoms with E-state index in [-0.39, 0.29) is 17.5 Å². The molecule has 0 aliphatic carbocycles. The van der Waals surface area contributed by atoms with Crippen LogP contribution in [0.5, 0.6) is 0 Å². The molecule has 1 unspecified atom stereocenters. The van der Waals surface area contributed by atoms with Crippen molar-refractivity contribution in [2.24, 2.45) is 0 Å². The van der Waals surface area contributed by atoms with Crippen LogP contribution in [0.1, 0.15) is 23.1 Å². The molecule has 0 N–H and O–H groups in total. The molecular weight excluding hydrogens is 449 g/mol. The molecule has 0 saturated carbocycles. The van der Waals surface area contributed by atoms with Crippen molar-refractivity contribution >= 4 is 10.0 Å². The monoisotopic (exact) mass is 474 g/mol. The quantitative estimate of drug-likeness (QED) is 0.474. The molecule has 0 bridgehead atoms. The normalized spacial score (nSPS) is 17.5.